The average Bonchev–Trinajstić information content (AvgIpc) is 3.20. The fourth-order valence-electron chi connectivity index (χ4n) is 3.69. The minimum Gasteiger partial charge on any atom is -0.454 e. The van der Waals surface area contributed by atoms with Crippen molar-refractivity contribution in [1.29, 1.82) is 0 Å². The number of para-hydroxylation sites is 1. The second-order valence-electron chi connectivity index (χ2n) is 7.22. The predicted molar refractivity (Wildman–Crippen MR) is 105 cm³/mol. The van der Waals surface area contributed by atoms with Gasteiger partial charge in [-0.2, -0.15) is 0 Å². The molecule has 0 saturated carbocycles. The number of hydrogen-bond acceptors (Lipinski definition) is 4. The van der Waals surface area contributed by atoms with Gasteiger partial charge in [0.15, 0.2) is 11.5 Å². The molecule has 0 aromatic heterocycles. The van der Waals surface area contributed by atoms with Crippen molar-refractivity contribution in [2.75, 3.05) is 25.2 Å². The van der Waals surface area contributed by atoms with Gasteiger partial charge in [-0.05, 0) is 49.1 Å². The lowest BCUT2D eigenvalue weighted by Gasteiger charge is -2.32. The maximum atomic E-state index is 12.7. The molecule has 1 saturated heterocycles. The molecule has 2 aromatic rings. The van der Waals surface area contributed by atoms with Crippen molar-refractivity contribution in [1.82, 2.24) is 4.90 Å². The monoisotopic (exact) mass is 380 g/mol. The zero-order chi connectivity index (χ0) is 19.3. The van der Waals surface area contributed by atoms with Gasteiger partial charge < -0.3 is 19.7 Å². The summed E-state index contributed by atoms with van der Waals surface area (Å²) in [5.74, 6) is 1.40. The third-order valence-electron chi connectivity index (χ3n) is 5.25. The van der Waals surface area contributed by atoms with Crippen molar-refractivity contribution in [2.45, 2.75) is 25.7 Å². The van der Waals surface area contributed by atoms with Crippen molar-refractivity contribution < 1.29 is 19.1 Å². The van der Waals surface area contributed by atoms with E-state index in [2.05, 4.69) is 5.32 Å². The minimum absolute atomic E-state index is 0.0144. The van der Waals surface area contributed by atoms with Gasteiger partial charge in [0.25, 0.3) is 0 Å². The molecule has 0 spiro atoms. The Morgan fingerprint density at radius 2 is 1.89 bits per heavy atom. The summed E-state index contributed by atoms with van der Waals surface area (Å²) in [7, 11) is 0. The average molecular weight is 380 g/mol. The molecular weight excluding hydrogens is 356 g/mol. The van der Waals surface area contributed by atoms with Gasteiger partial charge in [-0.25, -0.2) is 0 Å². The zero-order valence-electron chi connectivity index (χ0n) is 15.7. The predicted octanol–water partition coefficient (Wildman–Crippen LogP) is 3.23. The largest absolute Gasteiger partial charge is 0.454 e. The molecule has 1 N–H and O–H groups in total. The Morgan fingerprint density at radius 1 is 1.07 bits per heavy atom. The highest BCUT2D eigenvalue weighted by Crippen LogP contribution is 2.32. The summed E-state index contributed by atoms with van der Waals surface area (Å²) >= 11 is 0. The molecule has 1 fully saturated rings. The van der Waals surface area contributed by atoms with Crippen LogP contribution in [0.4, 0.5) is 5.69 Å². The number of aryl methyl sites for hydroxylation is 1. The van der Waals surface area contributed by atoms with Crippen LogP contribution in [0.25, 0.3) is 0 Å². The molecule has 28 heavy (non-hydrogen) atoms. The molecule has 2 aliphatic rings. The van der Waals surface area contributed by atoms with E-state index in [1.807, 2.05) is 53.4 Å². The van der Waals surface area contributed by atoms with Crippen LogP contribution in [0.5, 0.6) is 11.5 Å². The molecule has 1 unspecified atom stereocenters. The van der Waals surface area contributed by atoms with E-state index in [1.165, 1.54) is 0 Å². The van der Waals surface area contributed by atoms with Gasteiger partial charge in [0.05, 0.1) is 5.92 Å². The van der Waals surface area contributed by atoms with Crippen LogP contribution in [0.1, 0.15) is 24.8 Å². The maximum Gasteiger partial charge on any atom is 0.231 e. The number of nitrogens with zero attached hydrogens (tertiary/aromatic N) is 1. The van der Waals surface area contributed by atoms with Crippen molar-refractivity contribution in [3.05, 3.63) is 54.1 Å². The van der Waals surface area contributed by atoms with Gasteiger partial charge in [-0.1, -0.05) is 24.3 Å². The third kappa shape index (κ3) is 4.27. The van der Waals surface area contributed by atoms with Crippen LogP contribution in [0.3, 0.4) is 0 Å². The number of benzene rings is 2. The lowest BCUT2D eigenvalue weighted by molar-refractivity contribution is -0.134. The number of carbonyl (C=O) groups is 2. The van der Waals surface area contributed by atoms with Gasteiger partial charge in [-0.15, -0.1) is 0 Å². The van der Waals surface area contributed by atoms with Gasteiger partial charge in [0.1, 0.15) is 0 Å². The van der Waals surface area contributed by atoms with Crippen LogP contribution in [-0.4, -0.2) is 36.6 Å². The number of ether oxygens (including phenoxy) is 2. The molecule has 6 heteroatoms. The molecule has 4 rings (SSSR count). The fraction of sp³-hybridized carbons (Fsp3) is 0.364. The Bertz CT molecular complexity index is 853. The third-order valence-corrected chi connectivity index (χ3v) is 5.25. The summed E-state index contributed by atoms with van der Waals surface area (Å²) < 4.78 is 10.7. The Kier molecular flexibility index (Phi) is 5.46. The fourth-order valence-corrected chi connectivity index (χ4v) is 3.69. The Balaban J connectivity index is 1.30. The molecule has 0 radical (unpaired) electrons. The standard InChI is InChI=1S/C22H24N2O4/c25-21(11-9-16-8-10-19-20(13-16)28-15-27-19)24-12-4-5-17(14-24)22(26)23-18-6-2-1-3-7-18/h1-3,6-8,10,13,17H,4-5,9,11-12,14-15H2,(H,23,26). The number of piperidine rings is 1. The highest BCUT2D eigenvalue weighted by molar-refractivity contribution is 5.93. The first-order valence-electron chi connectivity index (χ1n) is 9.71. The summed E-state index contributed by atoms with van der Waals surface area (Å²) in [5, 5.41) is 2.95. The summed E-state index contributed by atoms with van der Waals surface area (Å²) in [6.45, 7) is 1.45. The van der Waals surface area contributed by atoms with Crippen LogP contribution >= 0.6 is 0 Å². The van der Waals surface area contributed by atoms with E-state index >= 15 is 0 Å². The SMILES string of the molecule is O=C(Nc1ccccc1)C1CCCN(C(=O)CCc2ccc3c(c2)OCO3)C1. The molecule has 0 bridgehead atoms. The maximum absolute atomic E-state index is 12.7. The Labute approximate surface area is 164 Å². The van der Waals surface area contributed by atoms with E-state index in [-0.39, 0.29) is 24.5 Å². The van der Waals surface area contributed by atoms with Crippen molar-refractivity contribution in [3.8, 4) is 11.5 Å². The van der Waals surface area contributed by atoms with Crippen molar-refractivity contribution in [2.24, 2.45) is 5.92 Å². The number of nitrogens with one attached hydrogen (secondary N) is 1. The number of rotatable bonds is 5. The summed E-state index contributed by atoms with van der Waals surface area (Å²) in [6, 6.07) is 15.2. The summed E-state index contributed by atoms with van der Waals surface area (Å²) in [6.07, 6.45) is 2.73. The first kappa shape index (κ1) is 18.3. The van der Waals surface area contributed by atoms with E-state index in [1.54, 1.807) is 0 Å². The van der Waals surface area contributed by atoms with Crippen LogP contribution in [0.15, 0.2) is 48.5 Å². The highest BCUT2D eigenvalue weighted by Gasteiger charge is 2.28. The molecule has 1 atom stereocenters. The van der Waals surface area contributed by atoms with Crippen LogP contribution in [0, 0.1) is 5.92 Å². The zero-order valence-corrected chi connectivity index (χ0v) is 15.7. The Hall–Kier alpha value is -3.02. The molecular formula is C22H24N2O4. The quantitative estimate of drug-likeness (QED) is 0.865. The van der Waals surface area contributed by atoms with Crippen LogP contribution in [-0.2, 0) is 16.0 Å². The second-order valence-corrected chi connectivity index (χ2v) is 7.22. The van der Waals surface area contributed by atoms with Gasteiger partial charge in [0, 0.05) is 25.2 Å². The van der Waals surface area contributed by atoms with E-state index in [9.17, 15) is 9.59 Å². The second kappa shape index (κ2) is 8.33. The molecule has 2 aromatic carbocycles. The number of hydrogen-bond donors (Lipinski definition) is 1. The molecule has 6 nitrogen and oxygen atoms in total. The van der Waals surface area contributed by atoms with Gasteiger partial charge >= 0.3 is 0 Å². The molecule has 0 aliphatic carbocycles. The molecule has 2 aliphatic heterocycles. The van der Waals surface area contributed by atoms with E-state index in [0.717, 1.165) is 42.1 Å². The smallest absolute Gasteiger partial charge is 0.231 e. The lowest BCUT2D eigenvalue weighted by Crippen LogP contribution is -2.43. The van der Waals surface area contributed by atoms with E-state index in [4.69, 9.17) is 9.47 Å². The number of anilines is 1. The van der Waals surface area contributed by atoms with Gasteiger partial charge in [-0.3, -0.25) is 9.59 Å². The molecule has 2 heterocycles. The number of amides is 2. The Morgan fingerprint density at radius 3 is 2.75 bits per heavy atom. The van der Waals surface area contributed by atoms with Gasteiger partial charge in [0.2, 0.25) is 18.6 Å². The highest BCUT2D eigenvalue weighted by atomic mass is 16.7. The molecule has 2 amide bonds. The number of likely N-dealkylation sites (tertiary alicyclic amines) is 1. The van der Waals surface area contributed by atoms with Crippen LogP contribution < -0.4 is 14.8 Å². The van der Waals surface area contributed by atoms with Crippen molar-refractivity contribution >= 4 is 17.5 Å². The summed E-state index contributed by atoms with van der Waals surface area (Å²) in [4.78, 5) is 27.0. The first-order valence-corrected chi connectivity index (χ1v) is 9.71. The number of fused-ring (bicyclic) bond motifs is 1. The topological polar surface area (TPSA) is 67.9 Å². The van der Waals surface area contributed by atoms with Crippen LogP contribution in [0.2, 0.25) is 0 Å². The van der Waals surface area contributed by atoms with E-state index < -0.39 is 0 Å². The summed E-state index contributed by atoms with van der Waals surface area (Å²) in [5.41, 5.74) is 1.84. The lowest BCUT2D eigenvalue weighted by atomic mass is 9.96. The van der Waals surface area contributed by atoms with E-state index in [0.29, 0.717) is 19.4 Å². The first-order chi connectivity index (χ1) is 13.7. The molecule has 146 valence electrons. The van der Waals surface area contributed by atoms with Crippen molar-refractivity contribution in [3.63, 3.8) is 0 Å². The normalized spacial score (nSPS) is 18.0. The minimum atomic E-state index is -0.163. The number of carbonyl (C=O) groups excluding carboxylic acids is 2.